The number of nitrogens with one attached hydrogen (secondary N) is 2. The molecule has 0 fully saturated rings. The molecule has 24 heavy (non-hydrogen) atoms. The summed E-state index contributed by atoms with van der Waals surface area (Å²) in [4.78, 5) is 14.2. The summed E-state index contributed by atoms with van der Waals surface area (Å²) >= 11 is 5.94. The van der Waals surface area contributed by atoms with E-state index in [1.807, 2.05) is 61.1 Å². The third-order valence-corrected chi connectivity index (χ3v) is 3.97. The zero-order valence-corrected chi connectivity index (χ0v) is 15.0. The lowest BCUT2D eigenvalue weighted by Gasteiger charge is -2.23. The van der Waals surface area contributed by atoms with Crippen molar-refractivity contribution in [3.63, 3.8) is 0 Å². The van der Waals surface area contributed by atoms with Crippen LogP contribution in [-0.4, -0.2) is 47.9 Å². The first-order valence-corrected chi connectivity index (χ1v) is 8.25. The molecule has 2 amide bonds. The number of hydrogen-bond acceptors (Lipinski definition) is 3. The molecule has 0 saturated carbocycles. The molecule has 2 rings (SSSR count). The van der Waals surface area contributed by atoms with Gasteiger partial charge >= 0.3 is 6.03 Å². The van der Waals surface area contributed by atoms with Gasteiger partial charge in [0, 0.05) is 43.5 Å². The first-order valence-electron chi connectivity index (χ1n) is 7.87. The highest BCUT2D eigenvalue weighted by Gasteiger charge is 2.15. The standard InChI is InChI=1S/C17H24ClN5O/c1-22(2)12-16(13-4-6-14(18)7-5-13)21-17(24)19-10-8-15-9-11-20-23(15)3/h4-7,9,11,16H,8,10,12H2,1-3H3,(H2,19,21,24)/t16-/m1/s1. The maximum Gasteiger partial charge on any atom is 0.315 e. The number of rotatable bonds is 7. The maximum absolute atomic E-state index is 12.2. The molecule has 0 unspecified atom stereocenters. The van der Waals surface area contributed by atoms with Crippen LogP contribution in [0.25, 0.3) is 0 Å². The summed E-state index contributed by atoms with van der Waals surface area (Å²) in [6.45, 7) is 1.26. The van der Waals surface area contributed by atoms with Crippen LogP contribution in [0.5, 0.6) is 0 Å². The highest BCUT2D eigenvalue weighted by molar-refractivity contribution is 6.30. The van der Waals surface area contributed by atoms with E-state index >= 15 is 0 Å². The fourth-order valence-electron chi connectivity index (χ4n) is 2.45. The van der Waals surface area contributed by atoms with Crippen molar-refractivity contribution >= 4 is 17.6 Å². The third-order valence-electron chi connectivity index (χ3n) is 3.71. The summed E-state index contributed by atoms with van der Waals surface area (Å²) < 4.78 is 1.81. The Morgan fingerprint density at radius 1 is 1.29 bits per heavy atom. The van der Waals surface area contributed by atoms with Crippen LogP contribution in [0, 0.1) is 0 Å². The highest BCUT2D eigenvalue weighted by Crippen LogP contribution is 2.17. The van der Waals surface area contributed by atoms with Gasteiger partial charge in [-0.05, 0) is 37.9 Å². The Bertz CT molecular complexity index is 653. The zero-order valence-electron chi connectivity index (χ0n) is 14.3. The van der Waals surface area contributed by atoms with Gasteiger partial charge in [-0.2, -0.15) is 5.10 Å². The number of aromatic nitrogens is 2. The van der Waals surface area contributed by atoms with Gasteiger partial charge in [-0.3, -0.25) is 4.68 Å². The van der Waals surface area contributed by atoms with Crippen LogP contribution in [0.15, 0.2) is 36.5 Å². The molecule has 0 saturated heterocycles. The second kappa shape index (κ2) is 8.70. The van der Waals surface area contributed by atoms with E-state index in [1.54, 1.807) is 6.20 Å². The van der Waals surface area contributed by atoms with Crippen LogP contribution < -0.4 is 10.6 Å². The second-order valence-electron chi connectivity index (χ2n) is 5.96. The van der Waals surface area contributed by atoms with E-state index in [-0.39, 0.29) is 12.1 Å². The predicted molar refractivity (Wildman–Crippen MR) is 96.2 cm³/mol. The van der Waals surface area contributed by atoms with E-state index in [0.29, 0.717) is 18.1 Å². The average Bonchev–Trinajstić information content (AvgIpc) is 2.92. The second-order valence-corrected chi connectivity index (χ2v) is 6.40. The van der Waals surface area contributed by atoms with Gasteiger partial charge in [-0.15, -0.1) is 0 Å². The van der Waals surface area contributed by atoms with Crippen LogP contribution in [0.3, 0.4) is 0 Å². The number of carbonyl (C=O) groups is 1. The predicted octanol–water partition coefficient (Wildman–Crippen LogP) is 2.22. The summed E-state index contributed by atoms with van der Waals surface area (Å²) in [5.41, 5.74) is 2.10. The average molecular weight is 350 g/mol. The van der Waals surface area contributed by atoms with Crippen molar-refractivity contribution in [3.8, 4) is 0 Å². The molecule has 1 aromatic heterocycles. The fraction of sp³-hybridized carbons (Fsp3) is 0.412. The Hall–Kier alpha value is -2.05. The summed E-state index contributed by atoms with van der Waals surface area (Å²) in [7, 11) is 5.85. The molecule has 7 heteroatoms. The Balaban J connectivity index is 1.89. The van der Waals surface area contributed by atoms with Gasteiger partial charge in [0.05, 0.1) is 6.04 Å². The van der Waals surface area contributed by atoms with Gasteiger partial charge in [0.15, 0.2) is 0 Å². The van der Waals surface area contributed by atoms with E-state index in [2.05, 4.69) is 15.7 Å². The number of urea groups is 1. The van der Waals surface area contributed by atoms with E-state index in [9.17, 15) is 4.79 Å². The molecule has 6 nitrogen and oxygen atoms in total. The summed E-state index contributed by atoms with van der Waals surface area (Å²) in [5.74, 6) is 0. The quantitative estimate of drug-likeness (QED) is 0.805. The zero-order chi connectivity index (χ0) is 17.5. The molecular weight excluding hydrogens is 326 g/mol. The lowest BCUT2D eigenvalue weighted by molar-refractivity contribution is 0.233. The number of benzene rings is 1. The van der Waals surface area contributed by atoms with Crippen molar-refractivity contribution in [1.29, 1.82) is 0 Å². The summed E-state index contributed by atoms with van der Waals surface area (Å²) in [5, 5.41) is 10.7. The van der Waals surface area contributed by atoms with Crippen molar-refractivity contribution < 1.29 is 4.79 Å². The maximum atomic E-state index is 12.2. The largest absolute Gasteiger partial charge is 0.338 e. The normalized spacial score (nSPS) is 12.2. The van der Waals surface area contributed by atoms with Crippen molar-refractivity contribution in [2.24, 2.45) is 7.05 Å². The van der Waals surface area contributed by atoms with Gasteiger partial charge in [0.2, 0.25) is 0 Å². The molecule has 0 spiro atoms. The molecule has 0 bridgehead atoms. The number of carbonyl (C=O) groups excluding carboxylic acids is 1. The molecule has 1 aromatic carbocycles. The molecule has 2 aromatic rings. The van der Waals surface area contributed by atoms with Crippen LogP contribution in [0.4, 0.5) is 4.79 Å². The Morgan fingerprint density at radius 2 is 2.00 bits per heavy atom. The summed E-state index contributed by atoms with van der Waals surface area (Å²) in [6, 6.07) is 9.21. The van der Waals surface area contributed by atoms with Gasteiger partial charge < -0.3 is 15.5 Å². The van der Waals surface area contributed by atoms with Crippen LogP contribution in [-0.2, 0) is 13.5 Å². The van der Waals surface area contributed by atoms with Crippen LogP contribution >= 0.6 is 11.6 Å². The number of amides is 2. The number of likely N-dealkylation sites (N-methyl/N-ethyl adjacent to an activating group) is 1. The minimum atomic E-state index is -0.182. The third kappa shape index (κ3) is 5.54. The van der Waals surface area contributed by atoms with Gasteiger partial charge in [-0.1, -0.05) is 23.7 Å². The number of aryl methyl sites for hydroxylation is 1. The summed E-state index contributed by atoms with van der Waals surface area (Å²) in [6.07, 6.45) is 2.49. The molecular formula is C17H24ClN5O. The smallest absolute Gasteiger partial charge is 0.315 e. The monoisotopic (exact) mass is 349 g/mol. The first kappa shape index (κ1) is 18.3. The van der Waals surface area contributed by atoms with E-state index < -0.39 is 0 Å². The highest BCUT2D eigenvalue weighted by atomic mass is 35.5. The molecule has 2 N–H and O–H groups in total. The van der Waals surface area contributed by atoms with Crippen LogP contribution in [0.2, 0.25) is 5.02 Å². The molecule has 1 heterocycles. The van der Waals surface area contributed by atoms with Crippen molar-refractivity contribution in [2.45, 2.75) is 12.5 Å². The molecule has 0 radical (unpaired) electrons. The van der Waals surface area contributed by atoms with Gasteiger partial charge in [0.25, 0.3) is 0 Å². The molecule has 1 atom stereocenters. The molecule has 0 aliphatic rings. The lowest BCUT2D eigenvalue weighted by Crippen LogP contribution is -2.42. The Morgan fingerprint density at radius 3 is 2.58 bits per heavy atom. The molecule has 130 valence electrons. The number of halogens is 1. The van der Waals surface area contributed by atoms with Gasteiger partial charge in [-0.25, -0.2) is 4.79 Å². The Labute approximate surface area is 147 Å². The fourth-order valence-corrected chi connectivity index (χ4v) is 2.58. The SMILES string of the molecule is CN(C)C[C@@H](NC(=O)NCCc1ccnn1C)c1ccc(Cl)cc1. The molecule has 0 aliphatic carbocycles. The van der Waals surface area contributed by atoms with Crippen molar-refractivity contribution in [1.82, 2.24) is 25.3 Å². The van der Waals surface area contributed by atoms with Crippen molar-refractivity contribution in [2.75, 3.05) is 27.2 Å². The van der Waals surface area contributed by atoms with Crippen molar-refractivity contribution in [3.05, 3.63) is 52.8 Å². The van der Waals surface area contributed by atoms with Crippen LogP contribution in [0.1, 0.15) is 17.3 Å². The Kier molecular flexibility index (Phi) is 6.63. The minimum Gasteiger partial charge on any atom is -0.338 e. The minimum absolute atomic E-state index is 0.103. The first-order chi connectivity index (χ1) is 11.5. The van der Waals surface area contributed by atoms with E-state index in [4.69, 9.17) is 11.6 Å². The number of hydrogen-bond donors (Lipinski definition) is 2. The van der Waals surface area contributed by atoms with E-state index in [1.165, 1.54) is 0 Å². The molecule has 0 aliphatic heterocycles. The lowest BCUT2D eigenvalue weighted by atomic mass is 10.1. The van der Waals surface area contributed by atoms with E-state index in [0.717, 1.165) is 17.7 Å². The number of nitrogens with zero attached hydrogens (tertiary/aromatic N) is 3. The topological polar surface area (TPSA) is 62.2 Å². The van der Waals surface area contributed by atoms with Gasteiger partial charge in [0.1, 0.15) is 0 Å².